The van der Waals surface area contributed by atoms with Gasteiger partial charge in [-0.2, -0.15) is 5.10 Å². The van der Waals surface area contributed by atoms with Crippen molar-refractivity contribution in [3.05, 3.63) is 47.7 Å². The molecule has 0 aliphatic rings. The second-order valence-electron chi connectivity index (χ2n) is 5.29. The van der Waals surface area contributed by atoms with E-state index in [4.69, 9.17) is 18.9 Å². The van der Waals surface area contributed by atoms with Crippen LogP contribution in [-0.4, -0.2) is 44.1 Å². The summed E-state index contributed by atoms with van der Waals surface area (Å²) in [4.78, 5) is 15.8. The highest BCUT2D eigenvalue weighted by atomic mass is 32.1. The SMILES string of the molecule is C=COCCOc1ccc(C=NNc2nc(CC(=O)OCC)cs2)cc1OC. The topological polar surface area (TPSA) is 91.3 Å². The minimum atomic E-state index is -0.298. The largest absolute Gasteiger partial charge is 0.498 e. The smallest absolute Gasteiger partial charge is 0.311 e. The van der Waals surface area contributed by atoms with Crippen molar-refractivity contribution in [3.8, 4) is 11.5 Å². The molecule has 0 spiro atoms. The Morgan fingerprint density at radius 3 is 2.96 bits per heavy atom. The molecule has 0 fully saturated rings. The van der Waals surface area contributed by atoms with Gasteiger partial charge >= 0.3 is 5.97 Å². The van der Waals surface area contributed by atoms with Crippen LogP contribution < -0.4 is 14.9 Å². The van der Waals surface area contributed by atoms with E-state index in [1.54, 1.807) is 31.7 Å². The molecule has 0 saturated heterocycles. The van der Waals surface area contributed by atoms with Gasteiger partial charge in [-0.25, -0.2) is 4.98 Å². The lowest BCUT2D eigenvalue weighted by molar-refractivity contribution is -0.142. The fourth-order valence-corrected chi connectivity index (χ4v) is 2.79. The van der Waals surface area contributed by atoms with Crippen LogP contribution in [0, 0.1) is 0 Å². The van der Waals surface area contributed by atoms with E-state index >= 15 is 0 Å². The first-order valence-electron chi connectivity index (χ1n) is 8.58. The van der Waals surface area contributed by atoms with Gasteiger partial charge in [-0.1, -0.05) is 6.58 Å². The lowest BCUT2D eigenvalue weighted by atomic mass is 10.2. The van der Waals surface area contributed by atoms with Crippen molar-refractivity contribution in [1.29, 1.82) is 0 Å². The number of carbonyl (C=O) groups excluding carboxylic acids is 1. The standard InChI is InChI=1S/C19H23N3O5S/c1-4-25-8-9-27-16-7-6-14(10-17(16)24-3)12-20-22-19-21-15(13-28-19)11-18(23)26-5-2/h4,6-7,10,12-13H,1,5,8-9,11H2,2-3H3,(H,21,22). The van der Waals surface area contributed by atoms with E-state index in [2.05, 4.69) is 22.1 Å². The number of anilines is 1. The number of ether oxygens (including phenoxy) is 4. The molecule has 28 heavy (non-hydrogen) atoms. The molecular formula is C19H23N3O5S. The Balaban J connectivity index is 1.90. The van der Waals surface area contributed by atoms with Crippen molar-refractivity contribution in [2.45, 2.75) is 13.3 Å². The van der Waals surface area contributed by atoms with Crippen molar-refractivity contribution in [2.75, 3.05) is 32.4 Å². The fourth-order valence-electron chi connectivity index (χ4n) is 2.13. The predicted molar refractivity (Wildman–Crippen MR) is 108 cm³/mol. The zero-order valence-electron chi connectivity index (χ0n) is 15.8. The summed E-state index contributed by atoms with van der Waals surface area (Å²) in [5, 5.41) is 6.54. The van der Waals surface area contributed by atoms with E-state index in [0.29, 0.717) is 42.1 Å². The minimum absolute atomic E-state index is 0.145. The Bertz CT molecular complexity index is 807. The number of rotatable bonds is 12. The molecule has 0 atom stereocenters. The first kappa shape index (κ1) is 21.2. The summed E-state index contributed by atoms with van der Waals surface area (Å²) in [5.74, 6) is 0.908. The minimum Gasteiger partial charge on any atom is -0.498 e. The van der Waals surface area contributed by atoms with E-state index < -0.39 is 0 Å². The van der Waals surface area contributed by atoms with Gasteiger partial charge in [0.25, 0.3) is 0 Å². The highest BCUT2D eigenvalue weighted by Crippen LogP contribution is 2.27. The summed E-state index contributed by atoms with van der Waals surface area (Å²) in [6, 6.07) is 5.46. The molecule has 2 rings (SSSR count). The quantitative estimate of drug-likeness (QED) is 0.191. The highest BCUT2D eigenvalue weighted by Gasteiger charge is 2.08. The summed E-state index contributed by atoms with van der Waals surface area (Å²) in [6.07, 6.45) is 3.15. The monoisotopic (exact) mass is 405 g/mol. The molecule has 2 aromatic rings. The molecular weight excluding hydrogens is 382 g/mol. The van der Waals surface area contributed by atoms with E-state index in [1.165, 1.54) is 17.6 Å². The molecule has 0 saturated carbocycles. The van der Waals surface area contributed by atoms with Crippen LogP contribution >= 0.6 is 11.3 Å². The average molecular weight is 405 g/mol. The lowest BCUT2D eigenvalue weighted by Gasteiger charge is -2.11. The molecule has 8 nitrogen and oxygen atoms in total. The van der Waals surface area contributed by atoms with E-state index in [-0.39, 0.29) is 12.4 Å². The van der Waals surface area contributed by atoms with Crippen molar-refractivity contribution in [1.82, 2.24) is 4.98 Å². The number of methoxy groups -OCH3 is 1. The number of nitrogens with zero attached hydrogens (tertiary/aromatic N) is 2. The Hall–Kier alpha value is -3.07. The zero-order chi connectivity index (χ0) is 20.2. The predicted octanol–water partition coefficient (Wildman–Crippen LogP) is 3.24. The molecule has 0 bridgehead atoms. The second kappa shape index (κ2) is 11.6. The van der Waals surface area contributed by atoms with Gasteiger partial charge in [-0.3, -0.25) is 10.2 Å². The normalized spacial score (nSPS) is 10.5. The van der Waals surface area contributed by atoms with E-state index in [0.717, 1.165) is 5.56 Å². The van der Waals surface area contributed by atoms with Crippen LogP contribution in [0.3, 0.4) is 0 Å². The van der Waals surface area contributed by atoms with Gasteiger partial charge in [-0.05, 0) is 30.7 Å². The van der Waals surface area contributed by atoms with Crippen LogP contribution in [0.1, 0.15) is 18.2 Å². The average Bonchev–Trinajstić information content (AvgIpc) is 3.13. The third-order valence-corrected chi connectivity index (χ3v) is 4.12. The number of hydrogen-bond acceptors (Lipinski definition) is 9. The summed E-state index contributed by atoms with van der Waals surface area (Å²) in [5.41, 5.74) is 4.31. The molecule has 1 aromatic carbocycles. The molecule has 1 aromatic heterocycles. The van der Waals surface area contributed by atoms with E-state index in [9.17, 15) is 4.79 Å². The van der Waals surface area contributed by atoms with Gasteiger partial charge in [0, 0.05) is 5.38 Å². The molecule has 0 radical (unpaired) electrons. The van der Waals surface area contributed by atoms with E-state index in [1.807, 2.05) is 12.1 Å². The summed E-state index contributed by atoms with van der Waals surface area (Å²) in [7, 11) is 1.57. The van der Waals surface area contributed by atoms with Crippen LogP contribution in [0.2, 0.25) is 0 Å². The van der Waals surface area contributed by atoms with Gasteiger partial charge in [0.1, 0.15) is 13.2 Å². The molecule has 150 valence electrons. The third-order valence-electron chi connectivity index (χ3n) is 3.32. The van der Waals surface area contributed by atoms with Gasteiger partial charge in [-0.15, -0.1) is 11.3 Å². The molecule has 0 aliphatic heterocycles. The molecule has 1 N–H and O–H groups in total. The van der Waals surface area contributed by atoms with Gasteiger partial charge < -0.3 is 18.9 Å². The number of benzene rings is 1. The Morgan fingerprint density at radius 2 is 2.21 bits per heavy atom. The van der Waals surface area contributed by atoms with Crippen LogP contribution in [0.25, 0.3) is 0 Å². The molecule has 1 heterocycles. The summed E-state index contributed by atoms with van der Waals surface area (Å²) >= 11 is 1.36. The Morgan fingerprint density at radius 1 is 1.36 bits per heavy atom. The molecule has 0 unspecified atom stereocenters. The van der Waals surface area contributed by atoms with Crippen LogP contribution in [-0.2, 0) is 20.7 Å². The number of aromatic nitrogens is 1. The Kier molecular flexibility index (Phi) is 8.80. The maximum Gasteiger partial charge on any atom is 0.311 e. The molecule has 9 heteroatoms. The number of esters is 1. The van der Waals surface area contributed by atoms with Crippen LogP contribution in [0.15, 0.2) is 41.5 Å². The third kappa shape index (κ3) is 6.92. The zero-order valence-corrected chi connectivity index (χ0v) is 16.7. The van der Waals surface area contributed by atoms with Crippen molar-refractivity contribution >= 4 is 28.7 Å². The number of hydrazone groups is 1. The summed E-state index contributed by atoms with van der Waals surface area (Å²) in [6.45, 7) is 6.39. The van der Waals surface area contributed by atoms with Crippen molar-refractivity contribution in [3.63, 3.8) is 0 Å². The number of nitrogens with one attached hydrogen (secondary N) is 1. The number of carbonyl (C=O) groups is 1. The van der Waals surface area contributed by atoms with Gasteiger partial charge in [0.2, 0.25) is 5.13 Å². The van der Waals surface area contributed by atoms with Gasteiger partial charge in [0.05, 0.1) is 38.3 Å². The van der Waals surface area contributed by atoms with Crippen molar-refractivity contribution in [2.24, 2.45) is 5.10 Å². The van der Waals surface area contributed by atoms with Crippen molar-refractivity contribution < 1.29 is 23.7 Å². The maximum atomic E-state index is 11.5. The van der Waals surface area contributed by atoms with Gasteiger partial charge in [0.15, 0.2) is 11.5 Å². The summed E-state index contributed by atoms with van der Waals surface area (Å²) < 4.78 is 20.9. The number of hydrogen-bond donors (Lipinski definition) is 1. The number of thiazole rings is 1. The molecule has 0 amide bonds. The molecule has 0 aliphatic carbocycles. The first-order chi connectivity index (χ1) is 13.7. The fraction of sp³-hybridized carbons (Fsp3) is 0.316. The maximum absolute atomic E-state index is 11.5. The van der Waals surface area contributed by atoms with Crippen LogP contribution in [0.4, 0.5) is 5.13 Å². The second-order valence-corrected chi connectivity index (χ2v) is 6.15. The first-order valence-corrected chi connectivity index (χ1v) is 9.46. The van der Waals surface area contributed by atoms with Crippen LogP contribution in [0.5, 0.6) is 11.5 Å². The lowest BCUT2D eigenvalue weighted by Crippen LogP contribution is -2.07. The highest BCUT2D eigenvalue weighted by molar-refractivity contribution is 7.13. The Labute approximate surface area is 167 Å².